The van der Waals surface area contributed by atoms with Crippen LogP contribution in [0.2, 0.25) is 0 Å². The number of carbonyl (C=O) groups excluding carboxylic acids is 1. The predicted octanol–water partition coefficient (Wildman–Crippen LogP) is 3.63. The second kappa shape index (κ2) is 7.74. The molecular formula is C23H25N3O3S. The maximum atomic E-state index is 13.5. The Morgan fingerprint density at radius 2 is 1.83 bits per heavy atom. The van der Waals surface area contributed by atoms with Crippen LogP contribution in [0.1, 0.15) is 25.8 Å². The Bertz CT molecular complexity index is 1240. The van der Waals surface area contributed by atoms with Gasteiger partial charge in [-0.3, -0.25) is 4.79 Å². The summed E-state index contributed by atoms with van der Waals surface area (Å²) in [6, 6.07) is 14.3. The lowest BCUT2D eigenvalue weighted by Gasteiger charge is -2.20. The van der Waals surface area contributed by atoms with E-state index in [1.54, 1.807) is 37.5 Å². The smallest absolute Gasteiger partial charge is 0.268 e. The van der Waals surface area contributed by atoms with Gasteiger partial charge >= 0.3 is 0 Å². The van der Waals surface area contributed by atoms with Gasteiger partial charge in [0.25, 0.3) is 10.0 Å². The van der Waals surface area contributed by atoms with Gasteiger partial charge in [-0.15, -0.1) is 0 Å². The summed E-state index contributed by atoms with van der Waals surface area (Å²) in [5.41, 5.74) is 3.41. The lowest BCUT2D eigenvalue weighted by Crippen LogP contribution is -2.29. The normalized spacial score (nSPS) is 17.0. The number of nitrogens with one attached hydrogen (secondary N) is 1. The summed E-state index contributed by atoms with van der Waals surface area (Å²) in [5.74, 6) is -0.115. The van der Waals surface area contributed by atoms with E-state index in [0.29, 0.717) is 17.2 Å². The minimum atomic E-state index is -3.79. The highest BCUT2D eigenvalue weighted by Crippen LogP contribution is 2.33. The first-order valence-electron chi connectivity index (χ1n) is 9.92. The number of hydrogen-bond donors (Lipinski definition) is 1. The number of fused-ring (bicyclic) bond motifs is 1. The molecule has 1 amide bonds. The number of hydrogen-bond acceptors (Lipinski definition) is 4. The molecule has 2 aromatic carbocycles. The van der Waals surface area contributed by atoms with Crippen molar-refractivity contribution < 1.29 is 13.2 Å². The van der Waals surface area contributed by atoms with Crippen LogP contribution in [-0.4, -0.2) is 37.9 Å². The first-order valence-corrected chi connectivity index (χ1v) is 11.4. The van der Waals surface area contributed by atoms with Gasteiger partial charge in [-0.1, -0.05) is 24.3 Å². The largest absolute Gasteiger partial charge is 0.316 e. The first-order chi connectivity index (χ1) is 14.3. The fourth-order valence-electron chi connectivity index (χ4n) is 3.83. The van der Waals surface area contributed by atoms with E-state index < -0.39 is 10.0 Å². The molecule has 30 heavy (non-hydrogen) atoms. The maximum Gasteiger partial charge on any atom is 0.268 e. The van der Waals surface area contributed by atoms with E-state index in [1.165, 1.54) is 15.8 Å². The summed E-state index contributed by atoms with van der Waals surface area (Å²) in [4.78, 5) is 13.2. The topological polar surface area (TPSA) is 71.4 Å². The zero-order chi connectivity index (χ0) is 21.5. The lowest BCUT2D eigenvalue weighted by molar-refractivity contribution is -0.116. The molecule has 0 fully saturated rings. The Kier molecular flexibility index (Phi) is 5.26. The van der Waals surface area contributed by atoms with E-state index >= 15 is 0 Å². The third-order valence-electron chi connectivity index (χ3n) is 5.62. The molecule has 0 aliphatic carbocycles. The molecule has 0 saturated carbocycles. The second-order valence-electron chi connectivity index (χ2n) is 7.68. The Morgan fingerprint density at radius 1 is 1.13 bits per heavy atom. The Labute approximate surface area is 176 Å². The standard InChI is InChI=1S/C23H25N3O3S/c1-16-14-18(12-13-24-16)22-15-26(23-7-5-4-6-21(22)23)30(28,29)20-10-8-19(9-11-20)25(3)17(2)27/h4-12,15-16,24H,13-14H2,1-3H3. The SMILES string of the molecule is CC(=O)N(C)c1ccc(S(=O)(=O)n2cc(C3=CCNC(C)C3)c3ccccc32)cc1. The zero-order valence-corrected chi connectivity index (χ0v) is 18.1. The molecule has 7 heteroatoms. The molecule has 6 nitrogen and oxygen atoms in total. The van der Waals surface area contributed by atoms with Gasteiger partial charge in [0.2, 0.25) is 5.91 Å². The minimum absolute atomic E-state index is 0.115. The van der Waals surface area contributed by atoms with Gasteiger partial charge in [-0.05, 0) is 49.2 Å². The summed E-state index contributed by atoms with van der Waals surface area (Å²) < 4.78 is 28.3. The monoisotopic (exact) mass is 423 g/mol. The molecule has 2 heterocycles. The molecule has 1 aliphatic heterocycles. The van der Waals surface area contributed by atoms with Crippen LogP contribution in [-0.2, 0) is 14.8 Å². The summed E-state index contributed by atoms with van der Waals surface area (Å²) in [6.45, 7) is 4.37. The molecule has 0 radical (unpaired) electrons. The van der Waals surface area contributed by atoms with Crippen LogP contribution in [0.4, 0.5) is 5.69 Å². The molecule has 0 spiro atoms. The highest BCUT2D eigenvalue weighted by molar-refractivity contribution is 7.90. The summed E-state index contributed by atoms with van der Waals surface area (Å²) in [5, 5.41) is 4.31. The van der Waals surface area contributed by atoms with Crippen molar-refractivity contribution in [1.29, 1.82) is 0 Å². The number of nitrogens with zero attached hydrogens (tertiary/aromatic N) is 2. The second-order valence-corrected chi connectivity index (χ2v) is 9.49. The third kappa shape index (κ3) is 3.55. The number of para-hydroxylation sites is 1. The van der Waals surface area contributed by atoms with Gasteiger partial charge in [0, 0.05) is 49.4 Å². The zero-order valence-electron chi connectivity index (χ0n) is 17.3. The van der Waals surface area contributed by atoms with E-state index in [9.17, 15) is 13.2 Å². The van der Waals surface area contributed by atoms with Gasteiger partial charge in [0.1, 0.15) is 0 Å². The molecule has 1 aromatic heterocycles. The van der Waals surface area contributed by atoms with Crippen LogP contribution in [0.15, 0.2) is 65.7 Å². The number of rotatable bonds is 4. The average Bonchev–Trinajstić information content (AvgIpc) is 3.14. The van der Waals surface area contributed by atoms with Crippen molar-refractivity contribution in [2.24, 2.45) is 0 Å². The molecule has 1 unspecified atom stereocenters. The predicted molar refractivity (Wildman–Crippen MR) is 120 cm³/mol. The van der Waals surface area contributed by atoms with Crippen molar-refractivity contribution >= 4 is 38.1 Å². The highest BCUT2D eigenvalue weighted by Gasteiger charge is 2.24. The van der Waals surface area contributed by atoms with E-state index in [4.69, 9.17) is 0 Å². The van der Waals surface area contributed by atoms with Crippen molar-refractivity contribution in [1.82, 2.24) is 9.29 Å². The summed E-state index contributed by atoms with van der Waals surface area (Å²) in [7, 11) is -2.13. The van der Waals surface area contributed by atoms with Crippen molar-refractivity contribution in [2.45, 2.75) is 31.2 Å². The lowest BCUT2D eigenvalue weighted by atomic mass is 9.96. The van der Waals surface area contributed by atoms with Crippen molar-refractivity contribution in [3.63, 3.8) is 0 Å². The van der Waals surface area contributed by atoms with Gasteiger partial charge in [-0.2, -0.15) is 0 Å². The van der Waals surface area contributed by atoms with Crippen molar-refractivity contribution in [2.75, 3.05) is 18.5 Å². The van der Waals surface area contributed by atoms with Crippen LogP contribution in [0, 0.1) is 0 Å². The molecule has 1 N–H and O–H groups in total. The van der Waals surface area contributed by atoms with Gasteiger partial charge in [-0.25, -0.2) is 12.4 Å². The molecule has 1 atom stereocenters. The highest BCUT2D eigenvalue weighted by atomic mass is 32.2. The molecule has 156 valence electrons. The van der Waals surface area contributed by atoms with Crippen LogP contribution >= 0.6 is 0 Å². The van der Waals surface area contributed by atoms with Crippen molar-refractivity contribution in [3.05, 3.63) is 66.4 Å². The quantitative estimate of drug-likeness (QED) is 0.696. The fourth-order valence-corrected chi connectivity index (χ4v) is 5.20. The third-order valence-corrected chi connectivity index (χ3v) is 7.31. The minimum Gasteiger partial charge on any atom is -0.316 e. The van der Waals surface area contributed by atoms with Crippen LogP contribution < -0.4 is 10.2 Å². The van der Waals surface area contributed by atoms with Crippen LogP contribution in [0.3, 0.4) is 0 Å². The van der Waals surface area contributed by atoms with E-state index in [-0.39, 0.29) is 10.8 Å². The molecule has 3 aromatic rings. The van der Waals surface area contributed by atoms with Gasteiger partial charge in [0.05, 0.1) is 10.4 Å². The van der Waals surface area contributed by atoms with E-state index in [1.807, 2.05) is 24.3 Å². The molecule has 1 aliphatic rings. The summed E-state index contributed by atoms with van der Waals surface area (Å²) >= 11 is 0. The number of aromatic nitrogens is 1. The Hall–Kier alpha value is -2.90. The fraction of sp³-hybridized carbons (Fsp3) is 0.261. The van der Waals surface area contributed by atoms with Crippen molar-refractivity contribution in [3.8, 4) is 0 Å². The van der Waals surface area contributed by atoms with Gasteiger partial charge in [0.15, 0.2) is 0 Å². The Balaban J connectivity index is 1.81. The van der Waals surface area contributed by atoms with Crippen LogP contribution in [0.5, 0.6) is 0 Å². The molecule has 4 rings (SSSR count). The average molecular weight is 424 g/mol. The summed E-state index contributed by atoms with van der Waals surface area (Å²) in [6.07, 6.45) is 4.71. The number of carbonyl (C=O) groups is 1. The maximum absolute atomic E-state index is 13.5. The number of anilines is 1. The van der Waals surface area contributed by atoms with Gasteiger partial charge < -0.3 is 10.2 Å². The number of benzene rings is 2. The molecular weight excluding hydrogens is 398 g/mol. The number of amides is 1. The Morgan fingerprint density at radius 3 is 2.50 bits per heavy atom. The van der Waals surface area contributed by atoms with E-state index in [0.717, 1.165) is 29.5 Å². The molecule has 0 saturated heterocycles. The first kappa shape index (κ1) is 20.4. The molecule has 0 bridgehead atoms. The van der Waals surface area contributed by atoms with Crippen LogP contribution in [0.25, 0.3) is 16.5 Å². The van der Waals surface area contributed by atoms with E-state index in [2.05, 4.69) is 18.3 Å².